The summed E-state index contributed by atoms with van der Waals surface area (Å²) >= 11 is 0. The summed E-state index contributed by atoms with van der Waals surface area (Å²) in [6.45, 7) is 1.11. The van der Waals surface area contributed by atoms with Crippen LogP contribution in [0.4, 0.5) is 0 Å². The lowest BCUT2D eigenvalue weighted by Crippen LogP contribution is -2.24. The van der Waals surface area contributed by atoms with Crippen LogP contribution in [0.15, 0.2) is 24.3 Å². The third-order valence-electron chi connectivity index (χ3n) is 4.91. The Morgan fingerprint density at radius 1 is 1.27 bits per heavy atom. The first-order valence-corrected chi connectivity index (χ1v) is 5.74. The SMILES string of the molecule is COC[C@@]12C[C@]1(CO)[C@@H]1C=CC=C[C@H]2C1. The number of rotatable bonds is 3. The first-order valence-electron chi connectivity index (χ1n) is 5.74. The third-order valence-corrected chi connectivity index (χ3v) is 4.91. The van der Waals surface area contributed by atoms with Gasteiger partial charge in [-0.25, -0.2) is 0 Å². The van der Waals surface area contributed by atoms with E-state index in [1.807, 2.05) is 0 Å². The van der Waals surface area contributed by atoms with Crippen LogP contribution in [0.3, 0.4) is 0 Å². The number of aliphatic hydroxyl groups is 1. The molecule has 1 N–H and O–H groups in total. The molecule has 3 aliphatic rings. The summed E-state index contributed by atoms with van der Waals surface area (Å²) in [5, 5.41) is 9.68. The van der Waals surface area contributed by atoms with Gasteiger partial charge in [0.2, 0.25) is 0 Å². The highest BCUT2D eigenvalue weighted by atomic mass is 16.5. The Hall–Kier alpha value is -0.600. The first-order chi connectivity index (χ1) is 7.29. The summed E-state index contributed by atoms with van der Waals surface area (Å²) in [7, 11) is 1.77. The fraction of sp³-hybridized carbons (Fsp3) is 0.692. The van der Waals surface area contributed by atoms with Gasteiger partial charge >= 0.3 is 0 Å². The molecule has 0 radical (unpaired) electrons. The normalized spacial score (nSPS) is 50.3. The van der Waals surface area contributed by atoms with Crippen molar-refractivity contribution in [3.8, 4) is 0 Å². The predicted octanol–water partition coefficient (Wildman–Crippen LogP) is 1.76. The Morgan fingerprint density at radius 3 is 2.53 bits per heavy atom. The number of allylic oxidation sites excluding steroid dienone is 4. The maximum atomic E-state index is 9.68. The van der Waals surface area contributed by atoms with Crippen LogP contribution in [-0.4, -0.2) is 25.4 Å². The van der Waals surface area contributed by atoms with Crippen molar-refractivity contribution < 1.29 is 9.84 Å². The van der Waals surface area contributed by atoms with Crippen LogP contribution in [-0.2, 0) is 4.74 Å². The number of methoxy groups -OCH3 is 1. The highest BCUT2D eigenvalue weighted by Crippen LogP contribution is 2.78. The Balaban J connectivity index is 1.98. The molecule has 4 atom stereocenters. The summed E-state index contributed by atoms with van der Waals surface area (Å²) in [6, 6.07) is 0. The molecule has 2 nitrogen and oxygen atoms in total. The molecule has 0 amide bonds. The number of fused-ring (bicyclic) bond motifs is 5. The molecule has 2 heteroatoms. The van der Waals surface area contributed by atoms with E-state index in [0.717, 1.165) is 13.0 Å². The Bertz CT molecular complexity index is 333. The van der Waals surface area contributed by atoms with Gasteiger partial charge in [0.25, 0.3) is 0 Å². The summed E-state index contributed by atoms with van der Waals surface area (Å²) in [5.74, 6) is 1.15. The molecule has 0 aromatic rings. The molecule has 3 rings (SSSR count). The molecule has 2 fully saturated rings. The van der Waals surface area contributed by atoms with Gasteiger partial charge in [0.1, 0.15) is 0 Å². The molecule has 0 aromatic heterocycles. The second kappa shape index (κ2) is 2.96. The fourth-order valence-electron chi connectivity index (χ4n) is 4.06. The molecule has 82 valence electrons. The standard InChI is InChI=1S/C13H18O2/c1-15-9-13-7-12(13,8-14)10-4-2-3-5-11(13)6-10/h2-5,10-11,14H,6-9H2,1H3/t10-,11+,12+,13-/m1/s1. The van der Waals surface area contributed by atoms with E-state index in [2.05, 4.69) is 24.3 Å². The van der Waals surface area contributed by atoms with Gasteiger partial charge in [-0.15, -0.1) is 0 Å². The average molecular weight is 206 g/mol. The average Bonchev–Trinajstić information content (AvgIpc) is 2.88. The zero-order valence-corrected chi connectivity index (χ0v) is 9.15. The van der Waals surface area contributed by atoms with Gasteiger partial charge in [-0.2, -0.15) is 0 Å². The van der Waals surface area contributed by atoms with E-state index in [-0.39, 0.29) is 10.8 Å². The molecular formula is C13H18O2. The van der Waals surface area contributed by atoms with E-state index in [4.69, 9.17) is 4.74 Å². The van der Waals surface area contributed by atoms with Crippen LogP contribution < -0.4 is 0 Å². The van der Waals surface area contributed by atoms with E-state index >= 15 is 0 Å². The molecule has 2 bridgehead atoms. The fourth-order valence-corrected chi connectivity index (χ4v) is 4.06. The lowest BCUT2D eigenvalue weighted by atomic mass is 9.87. The lowest BCUT2D eigenvalue weighted by Gasteiger charge is -2.22. The monoisotopic (exact) mass is 206 g/mol. The smallest absolute Gasteiger partial charge is 0.0530 e. The van der Waals surface area contributed by atoms with Gasteiger partial charge in [-0.1, -0.05) is 24.3 Å². The van der Waals surface area contributed by atoms with Crippen LogP contribution in [0, 0.1) is 22.7 Å². The Morgan fingerprint density at radius 2 is 1.93 bits per heavy atom. The molecule has 0 unspecified atom stereocenters. The van der Waals surface area contributed by atoms with E-state index < -0.39 is 0 Å². The van der Waals surface area contributed by atoms with Gasteiger partial charge in [-0.3, -0.25) is 0 Å². The van der Waals surface area contributed by atoms with E-state index in [1.165, 1.54) is 6.42 Å². The van der Waals surface area contributed by atoms with Crippen molar-refractivity contribution in [3.63, 3.8) is 0 Å². The molecule has 2 saturated carbocycles. The number of hydrogen-bond acceptors (Lipinski definition) is 2. The van der Waals surface area contributed by atoms with Crippen LogP contribution in [0.1, 0.15) is 12.8 Å². The molecule has 0 saturated heterocycles. The third kappa shape index (κ3) is 0.969. The van der Waals surface area contributed by atoms with Crippen molar-refractivity contribution in [3.05, 3.63) is 24.3 Å². The van der Waals surface area contributed by atoms with Crippen molar-refractivity contribution >= 4 is 0 Å². The molecule has 15 heavy (non-hydrogen) atoms. The predicted molar refractivity (Wildman–Crippen MR) is 58.3 cm³/mol. The summed E-state index contributed by atoms with van der Waals surface area (Å²) < 4.78 is 5.38. The number of aliphatic hydroxyl groups excluding tert-OH is 1. The zero-order valence-electron chi connectivity index (χ0n) is 9.15. The van der Waals surface area contributed by atoms with Gasteiger partial charge in [0, 0.05) is 24.5 Å². The molecule has 0 heterocycles. The van der Waals surface area contributed by atoms with E-state index in [9.17, 15) is 5.11 Å². The summed E-state index contributed by atoms with van der Waals surface area (Å²) in [5.41, 5.74) is 0.372. The maximum Gasteiger partial charge on any atom is 0.0530 e. The highest BCUT2D eigenvalue weighted by molar-refractivity contribution is 5.33. The summed E-state index contributed by atoms with van der Waals surface area (Å²) in [6.07, 6.45) is 11.2. The number of ether oxygens (including phenoxy) is 1. The lowest BCUT2D eigenvalue weighted by molar-refractivity contribution is 0.0858. The summed E-state index contributed by atoms with van der Waals surface area (Å²) in [4.78, 5) is 0. The number of hydrogen-bond donors (Lipinski definition) is 1. The molecule has 3 aliphatic carbocycles. The van der Waals surface area contributed by atoms with Crippen LogP contribution in [0.5, 0.6) is 0 Å². The van der Waals surface area contributed by atoms with E-state index in [0.29, 0.717) is 18.4 Å². The van der Waals surface area contributed by atoms with Crippen LogP contribution in [0.2, 0.25) is 0 Å². The van der Waals surface area contributed by atoms with Crippen molar-refractivity contribution in [2.75, 3.05) is 20.3 Å². The Kier molecular flexibility index (Phi) is 1.89. The second-order valence-electron chi connectivity index (χ2n) is 5.30. The quantitative estimate of drug-likeness (QED) is 0.762. The highest BCUT2D eigenvalue weighted by Gasteiger charge is 2.76. The van der Waals surface area contributed by atoms with E-state index in [1.54, 1.807) is 7.11 Å². The van der Waals surface area contributed by atoms with Crippen molar-refractivity contribution in [1.29, 1.82) is 0 Å². The Labute approximate surface area is 90.6 Å². The molecule has 0 aromatic carbocycles. The van der Waals surface area contributed by atoms with Crippen LogP contribution in [0.25, 0.3) is 0 Å². The van der Waals surface area contributed by atoms with Crippen LogP contribution >= 0.6 is 0 Å². The second-order valence-corrected chi connectivity index (χ2v) is 5.30. The zero-order chi connectivity index (χ0) is 10.5. The van der Waals surface area contributed by atoms with Crippen molar-refractivity contribution in [2.45, 2.75) is 12.8 Å². The van der Waals surface area contributed by atoms with Crippen molar-refractivity contribution in [2.24, 2.45) is 22.7 Å². The maximum absolute atomic E-state index is 9.68. The molecule has 0 spiro atoms. The van der Waals surface area contributed by atoms with Gasteiger partial charge in [0.05, 0.1) is 6.61 Å². The van der Waals surface area contributed by atoms with Gasteiger partial charge in [0.15, 0.2) is 0 Å². The minimum absolute atomic E-state index is 0.134. The minimum Gasteiger partial charge on any atom is -0.396 e. The minimum atomic E-state index is 0.134. The van der Waals surface area contributed by atoms with Crippen molar-refractivity contribution in [1.82, 2.24) is 0 Å². The largest absolute Gasteiger partial charge is 0.396 e. The topological polar surface area (TPSA) is 29.5 Å². The molecule has 0 aliphatic heterocycles. The van der Waals surface area contributed by atoms with Gasteiger partial charge < -0.3 is 9.84 Å². The first kappa shape index (κ1) is 9.61. The molecular weight excluding hydrogens is 188 g/mol. The van der Waals surface area contributed by atoms with Gasteiger partial charge in [-0.05, 0) is 24.7 Å².